The van der Waals surface area contributed by atoms with Crippen molar-refractivity contribution in [2.24, 2.45) is 0 Å². The Bertz CT molecular complexity index is 505. The van der Waals surface area contributed by atoms with Crippen LogP contribution >= 0.6 is 0 Å². The Hall–Kier alpha value is -1.57. The number of aryl methyl sites for hydroxylation is 1. The molecule has 0 fully saturated rings. The fraction of sp³-hybridized carbons (Fsp3) is 0.250. The average molecular weight is 186 g/mol. The van der Waals surface area contributed by atoms with Gasteiger partial charge in [0.15, 0.2) is 18.8 Å². The third-order valence-corrected chi connectivity index (χ3v) is 2.78. The highest BCUT2D eigenvalue weighted by Gasteiger charge is 2.25. The molecule has 2 aromatic rings. The van der Waals surface area contributed by atoms with Crippen molar-refractivity contribution in [3.63, 3.8) is 0 Å². The van der Waals surface area contributed by atoms with Gasteiger partial charge in [0.25, 0.3) is 0 Å². The molecule has 0 atom stereocenters. The number of benzene rings is 1. The molecule has 0 bridgehead atoms. The maximum Gasteiger partial charge on any atom is 0.376 e. The number of nitrogens with zero attached hydrogens (tertiary/aromatic N) is 1. The summed E-state index contributed by atoms with van der Waals surface area (Å²) in [5.41, 5.74) is 1.27. The number of aromatic nitrogens is 1. The van der Waals surface area contributed by atoms with E-state index in [1.54, 1.807) is 0 Å². The zero-order valence-corrected chi connectivity index (χ0v) is 8.16. The van der Waals surface area contributed by atoms with Gasteiger partial charge in [-0.2, -0.15) is 4.57 Å². The van der Waals surface area contributed by atoms with Gasteiger partial charge in [-0.15, -0.1) is 0 Å². The van der Waals surface area contributed by atoms with Gasteiger partial charge in [0, 0.05) is 13.0 Å². The van der Waals surface area contributed by atoms with Crippen molar-refractivity contribution in [3.8, 4) is 5.88 Å². The Morgan fingerprint density at radius 3 is 3.07 bits per heavy atom. The van der Waals surface area contributed by atoms with E-state index in [9.17, 15) is 0 Å². The molecule has 0 amide bonds. The summed E-state index contributed by atoms with van der Waals surface area (Å²) in [7, 11) is 0. The first kappa shape index (κ1) is 7.80. The van der Waals surface area contributed by atoms with Crippen molar-refractivity contribution in [3.05, 3.63) is 36.0 Å². The van der Waals surface area contributed by atoms with E-state index in [0.717, 1.165) is 19.0 Å². The van der Waals surface area contributed by atoms with Gasteiger partial charge in [0.05, 0.1) is 5.39 Å². The first-order chi connectivity index (χ1) is 6.86. The van der Waals surface area contributed by atoms with Gasteiger partial charge in [0.2, 0.25) is 0 Å². The van der Waals surface area contributed by atoms with Crippen LogP contribution in [0.15, 0.2) is 30.3 Å². The Morgan fingerprint density at radius 1 is 1.29 bits per heavy atom. The molecule has 2 heterocycles. The van der Waals surface area contributed by atoms with Gasteiger partial charge < -0.3 is 4.74 Å². The zero-order chi connectivity index (χ0) is 9.54. The number of hydrogen-bond donors (Lipinski definition) is 0. The lowest BCUT2D eigenvalue weighted by Crippen LogP contribution is -2.33. The molecule has 0 saturated carbocycles. The van der Waals surface area contributed by atoms with E-state index in [1.165, 1.54) is 16.5 Å². The topological polar surface area (TPSA) is 13.1 Å². The second-order valence-electron chi connectivity index (χ2n) is 3.68. The smallest absolute Gasteiger partial charge is 0.376 e. The number of pyridine rings is 1. The van der Waals surface area contributed by atoms with Crippen LogP contribution in [-0.4, -0.2) is 6.61 Å². The molecule has 0 aliphatic carbocycles. The van der Waals surface area contributed by atoms with Gasteiger partial charge in [-0.3, -0.25) is 0 Å². The zero-order valence-electron chi connectivity index (χ0n) is 8.16. The number of hydrogen-bond acceptors (Lipinski definition) is 1. The molecule has 1 aliphatic rings. The van der Waals surface area contributed by atoms with Gasteiger partial charge in [-0.25, -0.2) is 0 Å². The van der Waals surface area contributed by atoms with Crippen LogP contribution in [0.4, 0.5) is 0 Å². The molecule has 0 spiro atoms. The van der Waals surface area contributed by atoms with E-state index < -0.39 is 0 Å². The molecule has 2 nitrogen and oxygen atoms in total. The van der Waals surface area contributed by atoms with Crippen LogP contribution in [0, 0.1) is 6.92 Å². The summed E-state index contributed by atoms with van der Waals surface area (Å²) in [5.74, 6) is 1.03. The summed E-state index contributed by atoms with van der Waals surface area (Å²) in [6, 6.07) is 10.6. The van der Waals surface area contributed by atoms with Gasteiger partial charge in [-0.05, 0) is 11.5 Å². The first-order valence-electron chi connectivity index (χ1n) is 4.91. The molecule has 2 heteroatoms. The monoisotopic (exact) mass is 186 g/mol. The lowest BCUT2D eigenvalue weighted by atomic mass is 10.1. The number of ether oxygens (including phenoxy) is 1. The summed E-state index contributed by atoms with van der Waals surface area (Å²) in [6.07, 6.45) is 0. The molecule has 14 heavy (non-hydrogen) atoms. The first-order valence-corrected chi connectivity index (χ1v) is 4.91. The molecular weight excluding hydrogens is 174 g/mol. The lowest BCUT2D eigenvalue weighted by Gasteiger charge is -2.00. The van der Waals surface area contributed by atoms with Crippen molar-refractivity contribution >= 4 is 10.8 Å². The molecule has 1 aliphatic heterocycles. The molecule has 1 aromatic heterocycles. The van der Waals surface area contributed by atoms with Crippen LogP contribution in [-0.2, 0) is 6.54 Å². The third kappa shape index (κ3) is 0.939. The predicted molar refractivity (Wildman–Crippen MR) is 54.4 cm³/mol. The van der Waals surface area contributed by atoms with Crippen LogP contribution in [0.5, 0.6) is 5.88 Å². The summed E-state index contributed by atoms with van der Waals surface area (Å²) >= 11 is 0. The van der Waals surface area contributed by atoms with Crippen molar-refractivity contribution in [1.82, 2.24) is 0 Å². The fourth-order valence-electron chi connectivity index (χ4n) is 2.09. The van der Waals surface area contributed by atoms with Gasteiger partial charge >= 0.3 is 5.88 Å². The molecule has 70 valence electrons. The molecule has 0 saturated heterocycles. The number of fused-ring (bicyclic) bond motifs is 3. The molecule has 0 N–H and O–H groups in total. The van der Waals surface area contributed by atoms with Crippen LogP contribution < -0.4 is 9.30 Å². The fourth-order valence-corrected chi connectivity index (χ4v) is 2.09. The van der Waals surface area contributed by atoms with Crippen LogP contribution in [0.25, 0.3) is 10.8 Å². The Balaban J connectivity index is 2.46. The van der Waals surface area contributed by atoms with Crippen LogP contribution in [0.2, 0.25) is 0 Å². The molecule has 1 aromatic carbocycles. The van der Waals surface area contributed by atoms with Crippen molar-refractivity contribution < 1.29 is 9.30 Å². The van der Waals surface area contributed by atoms with E-state index in [1.807, 2.05) is 0 Å². The quantitative estimate of drug-likeness (QED) is 0.572. The summed E-state index contributed by atoms with van der Waals surface area (Å²) in [6.45, 7) is 3.91. The minimum Gasteiger partial charge on any atom is -0.437 e. The summed E-state index contributed by atoms with van der Waals surface area (Å²) < 4.78 is 7.89. The Kier molecular flexibility index (Phi) is 1.51. The predicted octanol–water partition coefficient (Wildman–Crippen LogP) is 1.83. The highest BCUT2D eigenvalue weighted by Crippen LogP contribution is 2.24. The maximum atomic E-state index is 5.66. The number of rotatable bonds is 0. The van der Waals surface area contributed by atoms with Crippen LogP contribution in [0.3, 0.4) is 0 Å². The van der Waals surface area contributed by atoms with Crippen molar-refractivity contribution in [2.45, 2.75) is 13.5 Å². The van der Waals surface area contributed by atoms with E-state index in [2.05, 4.69) is 41.8 Å². The molecule has 0 radical (unpaired) electrons. The SMILES string of the molecule is Cc1cc2ccccc2c2[n+]1CCO2. The second kappa shape index (κ2) is 2.71. The molecular formula is C12H12NO+. The highest BCUT2D eigenvalue weighted by atomic mass is 16.5. The summed E-state index contributed by atoms with van der Waals surface area (Å²) in [4.78, 5) is 0. The second-order valence-corrected chi connectivity index (χ2v) is 3.68. The third-order valence-electron chi connectivity index (χ3n) is 2.78. The lowest BCUT2D eigenvalue weighted by molar-refractivity contribution is -0.684. The van der Waals surface area contributed by atoms with Crippen molar-refractivity contribution in [1.29, 1.82) is 0 Å². The molecule has 0 unspecified atom stereocenters. The van der Waals surface area contributed by atoms with E-state index in [-0.39, 0.29) is 0 Å². The van der Waals surface area contributed by atoms with E-state index in [0.29, 0.717) is 0 Å². The highest BCUT2D eigenvalue weighted by molar-refractivity contribution is 5.85. The van der Waals surface area contributed by atoms with Gasteiger partial charge in [0.1, 0.15) is 0 Å². The minimum absolute atomic E-state index is 0.800. The van der Waals surface area contributed by atoms with Crippen LogP contribution in [0.1, 0.15) is 5.69 Å². The largest absolute Gasteiger partial charge is 0.437 e. The maximum absolute atomic E-state index is 5.66. The average Bonchev–Trinajstić information content (AvgIpc) is 2.67. The Labute approximate surface area is 82.7 Å². The van der Waals surface area contributed by atoms with Gasteiger partial charge in [-0.1, -0.05) is 18.2 Å². The summed E-state index contributed by atoms with van der Waals surface area (Å²) in [5, 5.41) is 2.48. The normalized spacial score (nSPS) is 14.1. The molecule has 3 rings (SSSR count). The Morgan fingerprint density at radius 2 is 2.14 bits per heavy atom. The van der Waals surface area contributed by atoms with E-state index in [4.69, 9.17) is 4.74 Å². The van der Waals surface area contributed by atoms with E-state index >= 15 is 0 Å². The van der Waals surface area contributed by atoms with Crippen molar-refractivity contribution in [2.75, 3.05) is 6.61 Å². The standard InChI is InChI=1S/C12H12NO/c1-9-8-10-4-2-3-5-11(10)12-13(9)6-7-14-12/h2-5,8H,6-7H2,1H3/q+1. The minimum atomic E-state index is 0.800.